The largest absolute Gasteiger partial charge is 0.323 e. The fourth-order valence-corrected chi connectivity index (χ4v) is 5.95. The van der Waals surface area contributed by atoms with Crippen LogP contribution in [0.4, 0.5) is 4.79 Å². The first-order valence-corrected chi connectivity index (χ1v) is 10.5. The number of hydrogen-bond donors (Lipinski definition) is 2. The molecule has 1 atom stereocenters. The van der Waals surface area contributed by atoms with Crippen LogP contribution in [0.25, 0.3) is 0 Å². The van der Waals surface area contributed by atoms with E-state index in [1.807, 2.05) is 0 Å². The highest BCUT2D eigenvalue weighted by molar-refractivity contribution is 7.86. The SMILES string of the molecule is CN(C1CCCCC1)S(=O)(=O)N1CCC(C2(C)NC(=O)NC2=O)CC1. The molecule has 2 saturated heterocycles. The summed E-state index contributed by atoms with van der Waals surface area (Å²) in [6.07, 6.45) is 6.32. The number of urea groups is 1. The Morgan fingerprint density at radius 3 is 2.20 bits per heavy atom. The Hall–Kier alpha value is -1.19. The fourth-order valence-electron chi connectivity index (χ4n) is 4.32. The van der Waals surface area contributed by atoms with Crippen molar-refractivity contribution in [1.82, 2.24) is 19.2 Å². The van der Waals surface area contributed by atoms with Crippen LogP contribution in [0, 0.1) is 5.92 Å². The molecular weight excluding hydrogens is 344 g/mol. The highest BCUT2D eigenvalue weighted by Gasteiger charge is 2.49. The second-order valence-corrected chi connectivity index (χ2v) is 9.59. The Kier molecular flexibility index (Phi) is 5.09. The standard InChI is InChI=1S/C16H28N4O4S/c1-16(14(21)17-15(22)18-16)12-8-10-20(11-9-12)25(23,24)19(2)13-6-4-3-5-7-13/h12-13H,3-11H2,1-2H3,(H2,17,18,21,22). The molecule has 2 heterocycles. The topological polar surface area (TPSA) is 98.8 Å². The number of piperidine rings is 1. The van der Waals surface area contributed by atoms with Crippen LogP contribution in [-0.2, 0) is 15.0 Å². The molecule has 9 heteroatoms. The first-order valence-electron chi connectivity index (χ1n) is 9.12. The van der Waals surface area contributed by atoms with E-state index >= 15 is 0 Å². The molecular formula is C16H28N4O4S. The zero-order valence-corrected chi connectivity index (χ0v) is 15.8. The van der Waals surface area contributed by atoms with Crippen LogP contribution in [0.5, 0.6) is 0 Å². The molecule has 2 N–H and O–H groups in total. The van der Waals surface area contributed by atoms with E-state index in [1.54, 1.807) is 14.0 Å². The van der Waals surface area contributed by atoms with Gasteiger partial charge in [-0.1, -0.05) is 19.3 Å². The van der Waals surface area contributed by atoms with Crippen LogP contribution >= 0.6 is 0 Å². The number of amides is 3. The minimum atomic E-state index is -3.47. The average molecular weight is 372 g/mol. The summed E-state index contributed by atoms with van der Waals surface area (Å²) in [4.78, 5) is 23.5. The van der Waals surface area contributed by atoms with Gasteiger partial charge in [-0.15, -0.1) is 0 Å². The predicted octanol–water partition coefficient (Wildman–Crippen LogP) is 0.806. The van der Waals surface area contributed by atoms with Crippen molar-refractivity contribution in [3.05, 3.63) is 0 Å². The van der Waals surface area contributed by atoms with E-state index < -0.39 is 21.8 Å². The minimum Gasteiger partial charge on any atom is -0.323 e. The maximum atomic E-state index is 12.9. The van der Waals surface area contributed by atoms with Gasteiger partial charge in [0.2, 0.25) is 0 Å². The molecule has 0 aromatic carbocycles. The second-order valence-electron chi connectivity index (χ2n) is 7.60. The van der Waals surface area contributed by atoms with Crippen molar-refractivity contribution in [2.75, 3.05) is 20.1 Å². The quantitative estimate of drug-likeness (QED) is 0.713. The lowest BCUT2D eigenvalue weighted by molar-refractivity contribution is -0.125. The highest BCUT2D eigenvalue weighted by atomic mass is 32.2. The maximum Gasteiger partial charge on any atom is 0.322 e. The minimum absolute atomic E-state index is 0.0645. The van der Waals surface area contributed by atoms with E-state index in [4.69, 9.17) is 0 Å². The van der Waals surface area contributed by atoms with Crippen LogP contribution in [0.15, 0.2) is 0 Å². The van der Waals surface area contributed by atoms with Crippen molar-refractivity contribution in [1.29, 1.82) is 0 Å². The van der Waals surface area contributed by atoms with E-state index in [9.17, 15) is 18.0 Å². The summed E-state index contributed by atoms with van der Waals surface area (Å²) in [6.45, 7) is 2.47. The lowest BCUT2D eigenvalue weighted by Crippen LogP contribution is -2.56. The van der Waals surface area contributed by atoms with Crippen molar-refractivity contribution in [2.24, 2.45) is 5.92 Å². The summed E-state index contributed by atoms with van der Waals surface area (Å²) in [7, 11) is -1.79. The van der Waals surface area contributed by atoms with Gasteiger partial charge >= 0.3 is 6.03 Å². The number of nitrogens with one attached hydrogen (secondary N) is 2. The van der Waals surface area contributed by atoms with Crippen molar-refractivity contribution >= 4 is 22.1 Å². The first-order chi connectivity index (χ1) is 11.7. The smallest absolute Gasteiger partial charge is 0.322 e. The Morgan fingerprint density at radius 1 is 1.08 bits per heavy atom. The number of rotatable bonds is 4. The molecule has 3 rings (SSSR count). The lowest BCUT2D eigenvalue weighted by Gasteiger charge is -2.40. The van der Waals surface area contributed by atoms with Crippen LogP contribution in [0.2, 0.25) is 0 Å². The van der Waals surface area contributed by atoms with E-state index in [2.05, 4.69) is 10.6 Å². The number of imide groups is 1. The molecule has 8 nitrogen and oxygen atoms in total. The Bertz CT molecular complexity index is 639. The molecule has 3 amide bonds. The molecule has 3 aliphatic rings. The Morgan fingerprint density at radius 2 is 1.68 bits per heavy atom. The molecule has 1 saturated carbocycles. The second kappa shape index (κ2) is 6.85. The average Bonchev–Trinajstić information content (AvgIpc) is 2.88. The summed E-state index contributed by atoms with van der Waals surface area (Å²) in [6, 6.07) is -0.381. The summed E-state index contributed by atoms with van der Waals surface area (Å²) in [5, 5.41) is 4.98. The third-order valence-corrected chi connectivity index (χ3v) is 8.17. The van der Waals surface area contributed by atoms with Crippen molar-refractivity contribution in [2.45, 2.75) is 63.5 Å². The van der Waals surface area contributed by atoms with Crippen LogP contribution in [0.1, 0.15) is 51.9 Å². The number of hydrogen-bond acceptors (Lipinski definition) is 4. The summed E-state index contributed by atoms with van der Waals surface area (Å²) < 4.78 is 28.9. The lowest BCUT2D eigenvalue weighted by atomic mass is 9.79. The van der Waals surface area contributed by atoms with Gasteiger partial charge in [-0.25, -0.2) is 4.79 Å². The van der Waals surface area contributed by atoms with Gasteiger partial charge in [0.15, 0.2) is 0 Å². The molecule has 0 spiro atoms. The van der Waals surface area contributed by atoms with Gasteiger partial charge in [0.25, 0.3) is 16.1 Å². The van der Waals surface area contributed by atoms with Gasteiger partial charge in [-0.2, -0.15) is 17.0 Å². The van der Waals surface area contributed by atoms with Crippen LogP contribution in [-0.4, -0.2) is 60.7 Å². The van der Waals surface area contributed by atoms with E-state index in [0.717, 1.165) is 25.7 Å². The predicted molar refractivity (Wildman–Crippen MR) is 92.9 cm³/mol. The number of nitrogens with zero attached hydrogens (tertiary/aromatic N) is 2. The van der Waals surface area contributed by atoms with Crippen LogP contribution in [0.3, 0.4) is 0 Å². The molecule has 142 valence electrons. The summed E-state index contributed by atoms with van der Waals surface area (Å²) >= 11 is 0. The molecule has 1 aliphatic carbocycles. The van der Waals surface area contributed by atoms with Crippen molar-refractivity contribution in [3.8, 4) is 0 Å². The fraction of sp³-hybridized carbons (Fsp3) is 0.875. The normalized spacial score (nSPS) is 30.5. The van der Waals surface area contributed by atoms with Gasteiger partial charge in [-0.3, -0.25) is 10.1 Å². The van der Waals surface area contributed by atoms with E-state index in [1.165, 1.54) is 15.0 Å². The van der Waals surface area contributed by atoms with Gasteiger partial charge in [0.1, 0.15) is 5.54 Å². The molecule has 3 fully saturated rings. The van der Waals surface area contributed by atoms with E-state index in [0.29, 0.717) is 25.9 Å². The number of carbonyl (C=O) groups is 2. The molecule has 0 aromatic heterocycles. The molecule has 25 heavy (non-hydrogen) atoms. The molecule has 1 unspecified atom stereocenters. The zero-order valence-electron chi connectivity index (χ0n) is 15.0. The Labute approximate surface area is 149 Å². The molecule has 2 aliphatic heterocycles. The van der Waals surface area contributed by atoms with Gasteiger partial charge in [0.05, 0.1) is 0 Å². The summed E-state index contributed by atoms with van der Waals surface area (Å²) in [5.74, 6) is -0.386. The monoisotopic (exact) mass is 372 g/mol. The third-order valence-electron chi connectivity index (χ3n) is 6.12. The maximum absolute atomic E-state index is 12.9. The van der Waals surface area contributed by atoms with Gasteiger partial charge < -0.3 is 5.32 Å². The van der Waals surface area contributed by atoms with Gasteiger partial charge in [-0.05, 0) is 38.5 Å². The number of carbonyl (C=O) groups excluding carboxylic acids is 2. The van der Waals surface area contributed by atoms with Gasteiger partial charge in [0, 0.05) is 26.2 Å². The Balaban J connectivity index is 1.63. The summed E-state index contributed by atoms with van der Waals surface area (Å²) in [5.41, 5.74) is -0.942. The molecule has 0 bridgehead atoms. The zero-order chi connectivity index (χ0) is 18.2. The molecule has 0 aromatic rings. The van der Waals surface area contributed by atoms with Crippen molar-refractivity contribution < 1.29 is 18.0 Å². The van der Waals surface area contributed by atoms with Crippen molar-refractivity contribution in [3.63, 3.8) is 0 Å². The first kappa shape index (κ1) is 18.6. The van der Waals surface area contributed by atoms with E-state index in [-0.39, 0.29) is 17.9 Å². The van der Waals surface area contributed by atoms with Crippen LogP contribution < -0.4 is 10.6 Å². The third kappa shape index (κ3) is 3.41. The molecule has 0 radical (unpaired) electrons. The highest BCUT2D eigenvalue weighted by Crippen LogP contribution is 2.33.